The Kier molecular flexibility index (Phi) is 4.72. The van der Waals surface area contributed by atoms with Crippen molar-refractivity contribution in [2.24, 2.45) is 5.92 Å². The number of thiazole rings is 1. The molecule has 0 saturated carbocycles. The highest BCUT2D eigenvalue weighted by atomic mass is 32.1. The fourth-order valence-corrected chi connectivity index (χ4v) is 3.59. The third-order valence-electron chi connectivity index (χ3n) is 3.88. The van der Waals surface area contributed by atoms with Gasteiger partial charge in [-0.15, -0.1) is 11.3 Å². The molecule has 1 unspecified atom stereocenters. The van der Waals surface area contributed by atoms with Crippen LogP contribution in [0.3, 0.4) is 0 Å². The van der Waals surface area contributed by atoms with Crippen LogP contribution < -0.4 is 5.32 Å². The molecular formula is C19H20N2OS. The van der Waals surface area contributed by atoms with E-state index in [2.05, 4.69) is 18.3 Å². The summed E-state index contributed by atoms with van der Waals surface area (Å²) in [7, 11) is 0. The number of carbonyl (C=O) groups excluding carboxylic acids is 1. The molecule has 2 aromatic carbocycles. The standard InChI is InChI=1S/C19H20N2OS/c1-3-8-13(2)18(22)20-15-10-5-4-9-14(15)19-21-16-11-6-7-12-17(16)23-19/h4-7,9-13H,3,8H2,1-2H3,(H,20,22). The van der Waals surface area contributed by atoms with Crippen LogP contribution in [-0.4, -0.2) is 10.9 Å². The van der Waals surface area contributed by atoms with Gasteiger partial charge in [0.25, 0.3) is 0 Å². The lowest BCUT2D eigenvalue weighted by Crippen LogP contribution is -2.20. The maximum Gasteiger partial charge on any atom is 0.227 e. The summed E-state index contributed by atoms with van der Waals surface area (Å²) in [4.78, 5) is 17.0. The largest absolute Gasteiger partial charge is 0.325 e. The van der Waals surface area contributed by atoms with Crippen molar-refractivity contribution in [3.05, 3.63) is 48.5 Å². The van der Waals surface area contributed by atoms with Crippen LogP contribution in [0, 0.1) is 5.92 Å². The van der Waals surface area contributed by atoms with E-state index in [1.165, 1.54) is 0 Å². The molecule has 3 rings (SSSR count). The van der Waals surface area contributed by atoms with Gasteiger partial charge in [-0.3, -0.25) is 4.79 Å². The molecule has 118 valence electrons. The monoisotopic (exact) mass is 324 g/mol. The van der Waals surface area contributed by atoms with Crippen LogP contribution in [0.1, 0.15) is 26.7 Å². The molecule has 3 nitrogen and oxygen atoms in total. The van der Waals surface area contributed by atoms with Gasteiger partial charge in [-0.2, -0.15) is 0 Å². The van der Waals surface area contributed by atoms with Crippen LogP contribution in [0.25, 0.3) is 20.8 Å². The van der Waals surface area contributed by atoms with Gasteiger partial charge in [0.05, 0.1) is 15.9 Å². The maximum atomic E-state index is 12.3. The molecule has 3 aromatic rings. The minimum atomic E-state index is 0.0171. The summed E-state index contributed by atoms with van der Waals surface area (Å²) in [6, 6.07) is 16.0. The van der Waals surface area contributed by atoms with Crippen LogP contribution >= 0.6 is 11.3 Å². The van der Waals surface area contributed by atoms with E-state index in [1.54, 1.807) is 11.3 Å². The van der Waals surface area contributed by atoms with Crippen molar-refractivity contribution in [3.63, 3.8) is 0 Å². The van der Waals surface area contributed by atoms with E-state index < -0.39 is 0 Å². The first-order valence-corrected chi connectivity index (χ1v) is 8.76. The number of aromatic nitrogens is 1. The second-order valence-electron chi connectivity index (χ2n) is 5.71. The molecule has 0 aliphatic heterocycles. The van der Waals surface area contributed by atoms with Crippen LogP contribution in [0.15, 0.2) is 48.5 Å². The average Bonchev–Trinajstić information content (AvgIpc) is 2.99. The number of amides is 1. The van der Waals surface area contributed by atoms with Crippen molar-refractivity contribution in [2.45, 2.75) is 26.7 Å². The SMILES string of the molecule is CCCC(C)C(=O)Nc1ccccc1-c1nc2ccccc2s1. The second kappa shape index (κ2) is 6.92. The second-order valence-corrected chi connectivity index (χ2v) is 6.74. The lowest BCUT2D eigenvalue weighted by atomic mass is 10.0. The molecule has 0 spiro atoms. The highest BCUT2D eigenvalue weighted by Gasteiger charge is 2.15. The average molecular weight is 324 g/mol. The van der Waals surface area contributed by atoms with Gasteiger partial charge in [0.2, 0.25) is 5.91 Å². The first-order chi connectivity index (χ1) is 11.2. The number of para-hydroxylation sites is 2. The molecule has 1 aromatic heterocycles. The van der Waals surface area contributed by atoms with Gasteiger partial charge in [-0.1, -0.05) is 44.5 Å². The molecule has 4 heteroatoms. The fourth-order valence-electron chi connectivity index (χ4n) is 2.59. The Morgan fingerprint density at radius 2 is 1.91 bits per heavy atom. The zero-order valence-corrected chi connectivity index (χ0v) is 14.2. The Balaban J connectivity index is 1.93. The van der Waals surface area contributed by atoms with Crippen LogP contribution in [0.5, 0.6) is 0 Å². The Morgan fingerprint density at radius 3 is 2.70 bits per heavy atom. The van der Waals surface area contributed by atoms with E-state index in [0.29, 0.717) is 0 Å². The first-order valence-electron chi connectivity index (χ1n) is 7.95. The van der Waals surface area contributed by atoms with Gasteiger partial charge in [-0.05, 0) is 30.7 Å². The Bertz CT molecular complexity index is 792. The van der Waals surface area contributed by atoms with Gasteiger partial charge in [0.15, 0.2) is 0 Å². The van der Waals surface area contributed by atoms with Gasteiger partial charge in [-0.25, -0.2) is 4.98 Å². The predicted octanol–water partition coefficient (Wildman–Crippen LogP) is 5.34. The quantitative estimate of drug-likeness (QED) is 0.688. The van der Waals surface area contributed by atoms with Crippen molar-refractivity contribution in [3.8, 4) is 10.6 Å². The number of nitrogens with one attached hydrogen (secondary N) is 1. The lowest BCUT2D eigenvalue weighted by Gasteiger charge is -2.13. The highest BCUT2D eigenvalue weighted by molar-refractivity contribution is 7.21. The zero-order chi connectivity index (χ0) is 16.2. The fraction of sp³-hybridized carbons (Fsp3) is 0.263. The van der Waals surface area contributed by atoms with E-state index in [4.69, 9.17) is 4.98 Å². The third kappa shape index (κ3) is 3.42. The summed E-state index contributed by atoms with van der Waals surface area (Å²) in [5.41, 5.74) is 2.80. The first kappa shape index (κ1) is 15.7. The highest BCUT2D eigenvalue weighted by Crippen LogP contribution is 2.34. The van der Waals surface area contributed by atoms with Crippen molar-refractivity contribution < 1.29 is 4.79 Å². The van der Waals surface area contributed by atoms with E-state index >= 15 is 0 Å². The number of anilines is 1. The number of nitrogens with zero attached hydrogens (tertiary/aromatic N) is 1. The summed E-state index contributed by atoms with van der Waals surface area (Å²) in [6.45, 7) is 4.07. The van der Waals surface area contributed by atoms with Gasteiger partial charge in [0, 0.05) is 11.5 Å². The summed E-state index contributed by atoms with van der Waals surface area (Å²) >= 11 is 1.65. The Morgan fingerprint density at radius 1 is 1.17 bits per heavy atom. The molecule has 1 N–H and O–H groups in total. The molecule has 0 aliphatic rings. The molecule has 0 bridgehead atoms. The molecule has 0 aliphatic carbocycles. The number of benzene rings is 2. The summed E-state index contributed by atoms with van der Waals surface area (Å²) in [6.07, 6.45) is 1.91. The number of rotatable bonds is 5. The topological polar surface area (TPSA) is 42.0 Å². The van der Waals surface area contributed by atoms with E-state index in [0.717, 1.165) is 39.3 Å². The summed E-state index contributed by atoms with van der Waals surface area (Å²) < 4.78 is 1.16. The molecule has 0 saturated heterocycles. The molecular weight excluding hydrogens is 304 g/mol. The van der Waals surface area contributed by atoms with Gasteiger partial charge < -0.3 is 5.32 Å². The van der Waals surface area contributed by atoms with Crippen LogP contribution in [0.2, 0.25) is 0 Å². The van der Waals surface area contributed by atoms with Gasteiger partial charge >= 0.3 is 0 Å². The Labute approximate surface area is 140 Å². The molecule has 0 fully saturated rings. The van der Waals surface area contributed by atoms with E-state index in [-0.39, 0.29) is 11.8 Å². The van der Waals surface area contributed by atoms with Crippen molar-refractivity contribution in [1.82, 2.24) is 4.98 Å². The number of fused-ring (bicyclic) bond motifs is 1. The summed E-state index contributed by atoms with van der Waals surface area (Å²) in [5, 5.41) is 4.00. The lowest BCUT2D eigenvalue weighted by molar-refractivity contribution is -0.119. The van der Waals surface area contributed by atoms with Crippen LogP contribution in [0.4, 0.5) is 5.69 Å². The van der Waals surface area contributed by atoms with Crippen molar-refractivity contribution in [1.29, 1.82) is 0 Å². The zero-order valence-electron chi connectivity index (χ0n) is 13.4. The smallest absolute Gasteiger partial charge is 0.227 e. The Hall–Kier alpha value is -2.20. The number of hydrogen-bond acceptors (Lipinski definition) is 3. The normalized spacial score (nSPS) is 12.3. The maximum absolute atomic E-state index is 12.3. The number of hydrogen-bond donors (Lipinski definition) is 1. The molecule has 1 atom stereocenters. The summed E-state index contributed by atoms with van der Waals surface area (Å²) in [5.74, 6) is 0.0869. The van der Waals surface area contributed by atoms with Gasteiger partial charge in [0.1, 0.15) is 5.01 Å². The predicted molar refractivity (Wildman–Crippen MR) is 97.8 cm³/mol. The molecule has 0 radical (unpaired) electrons. The minimum absolute atomic E-state index is 0.0171. The molecule has 1 heterocycles. The van der Waals surface area contributed by atoms with Crippen molar-refractivity contribution in [2.75, 3.05) is 5.32 Å². The number of carbonyl (C=O) groups is 1. The van der Waals surface area contributed by atoms with Crippen molar-refractivity contribution >= 4 is 33.1 Å². The van der Waals surface area contributed by atoms with E-state index in [9.17, 15) is 4.79 Å². The third-order valence-corrected chi connectivity index (χ3v) is 4.95. The van der Waals surface area contributed by atoms with Crippen LogP contribution in [-0.2, 0) is 4.79 Å². The molecule has 23 heavy (non-hydrogen) atoms. The minimum Gasteiger partial charge on any atom is -0.325 e. The van der Waals surface area contributed by atoms with E-state index in [1.807, 2.05) is 49.4 Å². The molecule has 1 amide bonds.